The van der Waals surface area contributed by atoms with Gasteiger partial charge < -0.3 is 10.2 Å². The molecule has 0 bridgehead atoms. The summed E-state index contributed by atoms with van der Waals surface area (Å²) in [4.78, 5) is 19.6. The van der Waals surface area contributed by atoms with E-state index in [9.17, 15) is 4.79 Å². The van der Waals surface area contributed by atoms with Crippen LogP contribution in [0.3, 0.4) is 0 Å². The van der Waals surface area contributed by atoms with Crippen molar-refractivity contribution in [2.45, 2.75) is 31.8 Å². The smallest absolute Gasteiger partial charge is 0.245 e. The number of carbonyl (C=O) groups is 1. The quantitative estimate of drug-likeness (QED) is 0.491. The number of nitrogens with zero attached hydrogens (tertiary/aromatic N) is 2. The minimum Gasteiger partial charge on any atom is -0.357 e. The summed E-state index contributed by atoms with van der Waals surface area (Å²) in [6, 6.07) is 23.1. The predicted octanol–water partition coefficient (Wildman–Crippen LogP) is 5.06. The first-order valence-corrected chi connectivity index (χ1v) is 10.5. The van der Waals surface area contributed by atoms with E-state index >= 15 is 0 Å². The average Bonchev–Trinajstić information content (AvgIpc) is 3.20. The van der Waals surface area contributed by atoms with E-state index in [1.54, 1.807) is 12.4 Å². The van der Waals surface area contributed by atoms with Crippen LogP contribution in [0, 0.1) is 0 Å². The molecule has 1 saturated heterocycles. The fraction of sp³-hybridized carbons (Fsp3) is 0.231. The molecule has 2 heterocycles. The Kier molecular flexibility index (Phi) is 4.62. The molecule has 1 N–H and O–H groups in total. The van der Waals surface area contributed by atoms with Crippen LogP contribution in [0.5, 0.6) is 0 Å². The molecule has 1 atom stereocenters. The van der Waals surface area contributed by atoms with Crippen molar-refractivity contribution in [1.82, 2.24) is 10.3 Å². The molecule has 0 saturated carbocycles. The number of rotatable bonds is 4. The molecule has 1 fully saturated rings. The summed E-state index contributed by atoms with van der Waals surface area (Å²) in [5, 5.41) is 8.12. The van der Waals surface area contributed by atoms with Gasteiger partial charge in [0.25, 0.3) is 0 Å². The van der Waals surface area contributed by atoms with Crippen molar-refractivity contribution in [1.29, 1.82) is 0 Å². The molecule has 4 heteroatoms. The maximum absolute atomic E-state index is 13.3. The molecule has 1 amide bonds. The maximum atomic E-state index is 13.3. The molecule has 1 aliphatic rings. The molecule has 0 radical (unpaired) electrons. The number of fused-ring (bicyclic) bond motifs is 3. The molecule has 30 heavy (non-hydrogen) atoms. The van der Waals surface area contributed by atoms with Crippen molar-refractivity contribution in [3.8, 4) is 0 Å². The van der Waals surface area contributed by atoms with Gasteiger partial charge in [-0.3, -0.25) is 9.78 Å². The summed E-state index contributed by atoms with van der Waals surface area (Å²) >= 11 is 0. The molecule has 5 rings (SSSR count). The lowest BCUT2D eigenvalue weighted by Crippen LogP contribution is -2.53. The van der Waals surface area contributed by atoms with Crippen molar-refractivity contribution in [3.05, 3.63) is 84.7 Å². The van der Waals surface area contributed by atoms with Gasteiger partial charge in [-0.2, -0.15) is 0 Å². The zero-order chi connectivity index (χ0) is 20.6. The Morgan fingerprint density at radius 2 is 1.77 bits per heavy atom. The number of hydrogen-bond acceptors (Lipinski definition) is 3. The zero-order valence-electron chi connectivity index (χ0n) is 17.1. The highest BCUT2D eigenvalue weighted by Crippen LogP contribution is 2.34. The lowest BCUT2D eigenvalue weighted by atomic mass is 9.96. The number of nitrogens with one attached hydrogen (secondary N) is 1. The minimum absolute atomic E-state index is 0.0783. The second-order valence-corrected chi connectivity index (χ2v) is 8.22. The molecular weight excluding hydrogens is 370 g/mol. The normalized spacial score (nSPS) is 18.8. The molecule has 1 aliphatic heterocycles. The van der Waals surface area contributed by atoms with Crippen molar-refractivity contribution in [2.75, 3.05) is 11.4 Å². The fourth-order valence-electron chi connectivity index (χ4n) is 4.76. The van der Waals surface area contributed by atoms with Gasteiger partial charge in [-0.1, -0.05) is 54.6 Å². The summed E-state index contributed by atoms with van der Waals surface area (Å²) in [5.41, 5.74) is 1.65. The minimum atomic E-state index is -0.543. The van der Waals surface area contributed by atoms with Crippen LogP contribution in [0.15, 0.2) is 79.1 Å². The van der Waals surface area contributed by atoms with Gasteiger partial charge in [0.1, 0.15) is 5.54 Å². The lowest BCUT2D eigenvalue weighted by Gasteiger charge is -2.35. The number of hydrogen-bond donors (Lipinski definition) is 1. The molecule has 0 unspecified atom stereocenters. The SMILES string of the molecule is C[C@@]1(C(=O)NCc2cccc3c2ccc2ccccc23)CCCN1c1ccncc1. The Morgan fingerprint density at radius 3 is 2.63 bits per heavy atom. The van der Waals surface area contributed by atoms with Gasteiger partial charge in [-0.15, -0.1) is 0 Å². The van der Waals surface area contributed by atoms with E-state index in [0.29, 0.717) is 6.54 Å². The largest absolute Gasteiger partial charge is 0.357 e. The van der Waals surface area contributed by atoms with Crippen LogP contribution in [0.25, 0.3) is 21.5 Å². The number of pyridine rings is 1. The molecular formula is C26H25N3O. The Morgan fingerprint density at radius 1 is 0.967 bits per heavy atom. The Balaban J connectivity index is 1.41. The molecule has 4 aromatic rings. The van der Waals surface area contributed by atoms with Crippen LogP contribution in [-0.4, -0.2) is 23.0 Å². The number of benzene rings is 3. The first kappa shape index (κ1) is 18.6. The van der Waals surface area contributed by atoms with Gasteiger partial charge >= 0.3 is 0 Å². The van der Waals surface area contributed by atoms with Crippen molar-refractivity contribution >= 4 is 33.1 Å². The van der Waals surface area contributed by atoms with E-state index in [2.05, 4.69) is 69.8 Å². The third kappa shape index (κ3) is 3.09. The van der Waals surface area contributed by atoms with Crippen molar-refractivity contribution in [3.63, 3.8) is 0 Å². The Labute approximate surface area is 176 Å². The fourth-order valence-corrected chi connectivity index (χ4v) is 4.76. The van der Waals surface area contributed by atoms with E-state index < -0.39 is 5.54 Å². The second kappa shape index (κ2) is 7.45. The molecule has 4 nitrogen and oxygen atoms in total. The lowest BCUT2D eigenvalue weighted by molar-refractivity contribution is -0.125. The van der Waals surface area contributed by atoms with Crippen molar-refractivity contribution < 1.29 is 4.79 Å². The van der Waals surface area contributed by atoms with Crippen LogP contribution in [0.4, 0.5) is 5.69 Å². The van der Waals surface area contributed by atoms with Gasteiger partial charge in [-0.25, -0.2) is 0 Å². The highest BCUT2D eigenvalue weighted by Gasteiger charge is 2.43. The molecule has 1 aromatic heterocycles. The Bertz CT molecular complexity index is 1220. The summed E-state index contributed by atoms with van der Waals surface area (Å²) < 4.78 is 0. The summed E-state index contributed by atoms with van der Waals surface area (Å²) in [5.74, 6) is 0.0783. The van der Waals surface area contributed by atoms with Gasteiger partial charge in [-0.05, 0) is 59.0 Å². The zero-order valence-corrected chi connectivity index (χ0v) is 17.1. The van der Waals surface area contributed by atoms with Gasteiger partial charge in [0.05, 0.1) is 0 Å². The summed E-state index contributed by atoms with van der Waals surface area (Å²) in [6.45, 7) is 3.45. The maximum Gasteiger partial charge on any atom is 0.245 e. The van der Waals surface area contributed by atoms with E-state index in [1.807, 2.05) is 19.1 Å². The molecule has 150 valence electrons. The van der Waals surface area contributed by atoms with Crippen LogP contribution in [-0.2, 0) is 11.3 Å². The van der Waals surface area contributed by atoms with Crippen LogP contribution >= 0.6 is 0 Å². The van der Waals surface area contributed by atoms with E-state index in [0.717, 1.165) is 30.6 Å². The standard InChI is InChI=1S/C26H25N3O/c1-26(14-5-17-29(26)21-12-15-27-16-13-21)25(30)28-18-20-7-4-9-24-22-8-3-2-6-19(22)10-11-23(20)24/h2-4,6-13,15-16H,5,14,17-18H2,1H3,(H,28,30)/t26-/m0/s1. The molecule has 0 spiro atoms. The average molecular weight is 396 g/mol. The van der Waals surface area contributed by atoms with Gasteiger partial charge in [0.2, 0.25) is 5.91 Å². The Hall–Kier alpha value is -3.40. The third-order valence-corrected chi connectivity index (χ3v) is 6.42. The van der Waals surface area contributed by atoms with E-state index in [-0.39, 0.29) is 5.91 Å². The summed E-state index contributed by atoms with van der Waals surface area (Å²) in [6.07, 6.45) is 5.42. The number of anilines is 1. The van der Waals surface area contributed by atoms with Crippen LogP contribution in [0.2, 0.25) is 0 Å². The van der Waals surface area contributed by atoms with Gasteiger partial charge in [0, 0.05) is 31.2 Å². The van der Waals surface area contributed by atoms with E-state index in [1.165, 1.54) is 21.5 Å². The van der Waals surface area contributed by atoms with Crippen LogP contribution < -0.4 is 10.2 Å². The highest BCUT2D eigenvalue weighted by atomic mass is 16.2. The number of aromatic nitrogens is 1. The topological polar surface area (TPSA) is 45.2 Å². The van der Waals surface area contributed by atoms with Gasteiger partial charge in [0.15, 0.2) is 0 Å². The third-order valence-electron chi connectivity index (χ3n) is 6.42. The predicted molar refractivity (Wildman–Crippen MR) is 123 cm³/mol. The second-order valence-electron chi connectivity index (χ2n) is 8.22. The van der Waals surface area contributed by atoms with Crippen molar-refractivity contribution in [2.24, 2.45) is 0 Å². The monoisotopic (exact) mass is 395 g/mol. The number of carbonyl (C=O) groups excluding carboxylic acids is 1. The molecule has 0 aliphatic carbocycles. The summed E-state index contributed by atoms with van der Waals surface area (Å²) in [7, 11) is 0. The first-order valence-electron chi connectivity index (χ1n) is 10.5. The van der Waals surface area contributed by atoms with Crippen LogP contribution in [0.1, 0.15) is 25.3 Å². The molecule has 3 aromatic carbocycles. The first-order chi connectivity index (χ1) is 14.7. The number of amides is 1. The van der Waals surface area contributed by atoms with E-state index in [4.69, 9.17) is 0 Å². The highest BCUT2D eigenvalue weighted by molar-refractivity contribution is 6.08.